The second kappa shape index (κ2) is 7.32. The zero-order valence-corrected chi connectivity index (χ0v) is 15.4. The molecule has 0 aliphatic rings. The quantitative estimate of drug-likeness (QED) is 0.739. The number of aliphatic hydroxyl groups is 1. The van der Waals surface area contributed by atoms with Gasteiger partial charge >= 0.3 is 0 Å². The minimum Gasteiger partial charge on any atom is -0.540 e. The highest BCUT2D eigenvalue weighted by molar-refractivity contribution is 6.78. The Hall–Kier alpha value is -1.00. The Balaban J connectivity index is 3.26. The van der Waals surface area contributed by atoms with E-state index in [4.69, 9.17) is 9.16 Å². The fraction of sp³-hybridized carbons (Fsp3) is 0.647. The van der Waals surface area contributed by atoms with Crippen LogP contribution in [0, 0.1) is 0 Å². The largest absolute Gasteiger partial charge is 0.540 e. The van der Waals surface area contributed by atoms with Gasteiger partial charge in [-0.15, -0.1) is 0 Å². The average molecular weight is 311 g/mol. The predicted octanol–water partition coefficient (Wildman–Crippen LogP) is 4.74. The number of benzene rings is 1. The summed E-state index contributed by atoms with van der Waals surface area (Å²) in [5, 5.41) is 9.26. The minimum atomic E-state index is -1.99. The Morgan fingerprint density at radius 3 is 1.86 bits per heavy atom. The van der Waals surface area contributed by atoms with Gasteiger partial charge in [0.1, 0.15) is 5.75 Å². The van der Waals surface area contributed by atoms with Gasteiger partial charge in [-0.1, -0.05) is 47.6 Å². The zero-order chi connectivity index (χ0) is 16.2. The average Bonchev–Trinajstić information content (AvgIpc) is 2.43. The van der Waals surface area contributed by atoms with Crippen LogP contribution in [0.1, 0.15) is 47.1 Å². The summed E-state index contributed by atoms with van der Waals surface area (Å²) in [7, 11) is -0.341. The molecule has 1 aromatic carbocycles. The molecule has 0 fully saturated rings. The molecule has 1 N–H and O–H groups in total. The van der Waals surface area contributed by atoms with Gasteiger partial charge in [-0.2, -0.15) is 0 Å². The third kappa shape index (κ3) is 3.61. The van der Waals surface area contributed by atoms with Gasteiger partial charge < -0.3 is 14.3 Å². The van der Waals surface area contributed by atoms with Gasteiger partial charge in [-0.25, -0.2) is 0 Å². The summed E-state index contributed by atoms with van der Waals surface area (Å²) in [4.78, 5) is 0. The standard InChI is InChI=1S/C17H30O3Si/c1-12(2)21(13(3)4,14(5)6)20-16-9-8-15(11-18)10-17(16)19-7/h8-10,12-14,18H,11H2,1-7H3. The molecule has 0 saturated heterocycles. The Kier molecular flexibility index (Phi) is 6.29. The first-order valence-corrected chi connectivity index (χ1v) is 9.90. The fourth-order valence-corrected chi connectivity index (χ4v) is 8.70. The van der Waals surface area contributed by atoms with Crippen LogP contribution in [0.3, 0.4) is 0 Å². The number of methoxy groups -OCH3 is 1. The number of hydrogen-bond donors (Lipinski definition) is 1. The molecule has 0 saturated carbocycles. The van der Waals surface area contributed by atoms with E-state index in [1.807, 2.05) is 18.2 Å². The van der Waals surface area contributed by atoms with Crippen molar-refractivity contribution in [2.75, 3.05) is 7.11 Å². The van der Waals surface area contributed by atoms with E-state index in [2.05, 4.69) is 41.5 Å². The topological polar surface area (TPSA) is 38.7 Å². The van der Waals surface area contributed by atoms with Gasteiger partial charge in [0.25, 0.3) is 8.32 Å². The van der Waals surface area contributed by atoms with Crippen LogP contribution in [0.2, 0.25) is 16.6 Å². The molecule has 0 unspecified atom stereocenters. The predicted molar refractivity (Wildman–Crippen MR) is 90.6 cm³/mol. The molecular weight excluding hydrogens is 280 g/mol. The number of hydrogen-bond acceptors (Lipinski definition) is 3. The molecule has 1 rings (SSSR count). The van der Waals surface area contributed by atoms with Crippen molar-refractivity contribution < 1.29 is 14.3 Å². The third-order valence-electron chi connectivity index (χ3n) is 4.40. The molecule has 4 heteroatoms. The molecule has 0 aliphatic heterocycles. The van der Waals surface area contributed by atoms with Crippen LogP contribution in [0.25, 0.3) is 0 Å². The van der Waals surface area contributed by atoms with Crippen LogP contribution < -0.4 is 9.16 Å². The van der Waals surface area contributed by atoms with Crippen LogP contribution >= 0.6 is 0 Å². The summed E-state index contributed by atoms with van der Waals surface area (Å²) in [6, 6.07) is 5.69. The summed E-state index contributed by atoms with van der Waals surface area (Å²) < 4.78 is 12.1. The van der Waals surface area contributed by atoms with Gasteiger partial charge in [0.15, 0.2) is 5.75 Å². The van der Waals surface area contributed by atoms with E-state index in [0.717, 1.165) is 11.3 Å². The van der Waals surface area contributed by atoms with Crippen molar-refractivity contribution in [3.05, 3.63) is 23.8 Å². The highest BCUT2D eigenvalue weighted by atomic mass is 28.4. The van der Waals surface area contributed by atoms with Crippen LogP contribution in [0.15, 0.2) is 18.2 Å². The molecule has 0 aliphatic carbocycles. The summed E-state index contributed by atoms with van der Waals surface area (Å²) in [5.74, 6) is 1.51. The molecule has 0 spiro atoms. The van der Waals surface area contributed by atoms with Crippen molar-refractivity contribution in [1.82, 2.24) is 0 Å². The monoisotopic (exact) mass is 310 g/mol. The van der Waals surface area contributed by atoms with E-state index < -0.39 is 8.32 Å². The molecule has 0 amide bonds. The fourth-order valence-electron chi connectivity index (χ4n) is 3.44. The Labute approximate surface area is 130 Å². The smallest absolute Gasteiger partial charge is 0.258 e. The molecule has 120 valence electrons. The lowest BCUT2D eigenvalue weighted by atomic mass is 10.2. The second-order valence-corrected chi connectivity index (χ2v) is 11.9. The molecule has 0 bridgehead atoms. The van der Waals surface area contributed by atoms with Crippen LogP contribution in [-0.2, 0) is 6.61 Å². The van der Waals surface area contributed by atoms with E-state index in [0.29, 0.717) is 22.4 Å². The van der Waals surface area contributed by atoms with Gasteiger partial charge in [-0.05, 0) is 34.3 Å². The van der Waals surface area contributed by atoms with Gasteiger partial charge in [0.05, 0.1) is 13.7 Å². The van der Waals surface area contributed by atoms with Gasteiger partial charge in [0, 0.05) is 0 Å². The van der Waals surface area contributed by atoms with Crippen molar-refractivity contribution >= 4 is 8.32 Å². The molecule has 1 aromatic rings. The highest BCUT2D eigenvalue weighted by Gasteiger charge is 2.47. The van der Waals surface area contributed by atoms with Crippen LogP contribution in [-0.4, -0.2) is 20.5 Å². The van der Waals surface area contributed by atoms with E-state index >= 15 is 0 Å². The third-order valence-corrected chi connectivity index (χ3v) is 10.4. The van der Waals surface area contributed by atoms with E-state index in [-0.39, 0.29) is 6.61 Å². The van der Waals surface area contributed by atoms with Crippen LogP contribution in [0.4, 0.5) is 0 Å². The Morgan fingerprint density at radius 2 is 1.48 bits per heavy atom. The van der Waals surface area contributed by atoms with Crippen molar-refractivity contribution in [3.8, 4) is 11.5 Å². The molecule has 0 aromatic heterocycles. The van der Waals surface area contributed by atoms with Crippen molar-refractivity contribution in [2.45, 2.75) is 64.8 Å². The zero-order valence-electron chi connectivity index (χ0n) is 14.4. The first-order valence-electron chi connectivity index (χ1n) is 7.76. The maximum Gasteiger partial charge on any atom is 0.258 e. The first kappa shape index (κ1) is 18.0. The lowest BCUT2D eigenvalue weighted by Gasteiger charge is -2.42. The summed E-state index contributed by atoms with van der Waals surface area (Å²) in [5.41, 5.74) is 2.38. The van der Waals surface area contributed by atoms with Crippen molar-refractivity contribution in [1.29, 1.82) is 0 Å². The SMILES string of the molecule is COc1cc(CO)ccc1O[Si](C(C)C)(C(C)C)C(C)C. The number of ether oxygens (including phenoxy) is 1. The van der Waals surface area contributed by atoms with Gasteiger partial charge in [-0.3, -0.25) is 0 Å². The lowest BCUT2D eigenvalue weighted by molar-refractivity contribution is 0.280. The molecule has 0 heterocycles. The molecule has 21 heavy (non-hydrogen) atoms. The van der Waals surface area contributed by atoms with E-state index in [9.17, 15) is 5.11 Å². The van der Waals surface area contributed by atoms with Crippen molar-refractivity contribution in [3.63, 3.8) is 0 Å². The highest BCUT2D eigenvalue weighted by Crippen LogP contribution is 2.44. The van der Waals surface area contributed by atoms with E-state index in [1.165, 1.54) is 0 Å². The maximum absolute atomic E-state index is 9.26. The summed E-state index contributed by atoms with van der Waals surface area (Å²) in [6.45, 7) is 13.6. The van der Waals surface area contributed by atoms with Gasteiger partial charge in [0.2, 0.25) is 0 Å². The summed E-state index contributed by atoms with van der Waals surface area (Å²) in [6.07, 6.45) is 0. The minimum absolute atomic E-state index is 0.0117. The molecule has 3 nitrogen and oxygen atoms in total. The first-order chi connectivity index (χ1) is 9.79. The molecule has 0 radical (unpaired) electrons. The normalized spacial score (nSPS) is 12.3. The van der Waals surface area contributed by atoms with E-state index in [1.54, 1.807) is 7.11 Å². The molecule has 0 atom stereocenters. The maximum atomic E-state index is 9.26. The second-order valence-electron chi connectivity index (χ2n) is 6.56. The van der Waals surface area contributed by atoms with Crippen LogP contribution in [0.5, 0.6) is 11.5 Å². The summed E-state index contributed by atoms with van der Waals surface area (Å²) >= 11 is 0. The van der Waals surface area contributed by atoms with Crippen molar-refractivity contribution in [2.24, 2.45) is 0 Å². The number of aliphatic hydroxyl groups excluding tert-OH is 1. The Morgan fingerprint density at radius 1 is 0.952 bits per heavy atom. The Bertz CT molecular complexity index is 434. The number of rotatable bonds is 7. The lowest BCUT2D eigenvalue weighted by Crippen LogP contribution is -2.50. The molecular formula is C17H30O3Si.